The van der Waals surface area contributed by atoms with Crippen LogP contribution >= 0.6 is 0 Å². The van der Waals surface area contributed by atoms with Crippen LogP contribution in [0.2, 0.25) is 0 Å². The van der Waals surface area contributed by atoms with Crippen LogP contribution in [0.1, 0.15) is 23.6 Å². The highest BCUT2D eigenvalue weighted by Crippen LogP contribution is 2.20. The molecule has 2 nitrogen and oxygen atoms in total. The van der Waals surface area contributed by atoms with Gasteiger partial charge in [0.05, 0.1) is 0 Å². The zero-order chi connectivity index (χ0) is 15.2. The number of benzene rings is 2. The van der Waals surface area contributed by atoms with Gasteiger partial charge < -0.3 is 10.2 Å². The second kappa shape index (κ2) is 7.23. The van der Waals surface area contributed by atoms with Crippen LogP contribution in [0.15, 0.2) is 42.5 Å². The summed E-state index contributed by atoms with van der Waals surface area (Å²) >= 11 is 0. The Morgan fingerprint density at radius 1 is 1.10 bits per heavy atom. The van der Waals surface area contributed by atoms with Crippen LogP contribution in [-0.4, -0.2) is 13.6 Å². The van der Waals surface area contributed by atoms with Gasteiger partial charge in [0.25, 0.3) is 0 Å². The lowest BCUT2D eigenvalue weighted by atomic mass is 10.1. The first-order valence-corrected chi connectivity index (χ1v) is 7.37. The Kier molecular flexibility index (Phi) is 5.34. The van der Waals surface area contributed by atoms with Crippen LogP contribution in [0.3, 0.4) is 0 Å². The molecule has 0 heterocycles. The number of aryl methyl sites for hydroxylation is 1. The molecule has 0 spiro atoms. The van der Waals surface area contributed by atoms with Gasteiger partial charge in [-0.3, -0.25) is 0 Å². The standard InChI is InChI=1S/C18H23FN2/c1-4-21(17-8-5-14(2)6-9-17)13-16-11-15(12-20-3)7-10-18(16)19/h5-11,20H,4,12-13H2,1-3H3. The van der Waals surface area contributed by atoms with Gasteiger partial charge in [0.1, 0.15) is 5.82 Å². The van der Waals surface area contributed by atoms with Crippen LogP contribution in [0, 0.1) is 12.7 Å². The fraction of sp³-hybridized carbons (Fsp3) is 0.333. The Bertz CT molecular complexity index is 578. The van der Waals surface area contributed by atoms with E-state index in [1.54, 1.807) is 6.07 Å². The molecule has 0 bridgehead atoms. The van der Waals surface area contributed by atoms with Gasteiger partial charge in [0.2, 0.25) is 0 Å². The molecule has 21 heavy (non-hydrogen) atoms. The van der Waals surface area contributed by atoms with Crippen molar-refractivity contribution in [2.24, 2.45) is 0 Å². The van der Waals surface area contributed by atoms with Crippen molar-refractivity contribution in [1.82, 2.24) is 5.32 Å². The molecule has 112 valence electrons. The molecule has 0 aromatic heterocycles. The molecule has 0 radical (unpaired) electrons. The van der Waals surface area contributed by atoms with Crippen molar-refractivity contribution in [2.45, 2.75) is 26.9 Å². The van der Waals surface area contributed by atoms with Crippen LogP contribution in [0.4, 0.5) is 10.1 Å². The zero-order valence-corrected chi connectivity index (χ0v) is 13.0. The number of nitrogens with one attached hydrogen (secondary N) is 1. The Morgan fingerprint density at radius 2 is 1.81 bits per heavy atom. The van der Waals surface area contributed by atoms with Crippen LogP contribution in [-0.2, 0) is 13.1 Å². The first-order valence-electron chi connectivity index (χ1n) is 7.37. The quantitative estimate of drug-likeness (QED) is 0.867. The summed E-state index contributed by atoms with van der Waals surface area (Å²) in [5.74, 6) is -0.139. The minimum atomic E-state index is -0.139. The lowest BCUT2D eigenvalue weighted by Crippen LogP contribution is -2.22. The van der Waals surface area contributed by atoms with E-state index in [2.05, 4.69) is 48.3 Å². The average Bonchev–Trinajstić information content (AvgIpc) is 2.49. The maximum atomic E-state index is 14.0. The SMILES string of the molecule is CCN(Cc1cc(CNC)ccc1F)c1ccc(C)cc1. The van der Waals surface area contributed by atoms with Gasteiger partial charge in [0, 0.05) is 30.9 Å². The van der Waals surface area contributed by atoms with Gasteiger partial charge in [-0.25, -0.2) is 4.39 Å². The van der Waals surface area contributed by atoms with E-state index < -0.39 is 0 Å². The Balaban J connectivity index is 2.21. The number of anilines is 1. The van der Waals surface area contributed by atoms with Gasteiger partial charge >= 0.3 is 0 Å². The van der Waals surface area contributed by atoms with E-state index in [0.29, 0.717) is 6.54 Å². The number of nitrogens with zero attached hydrogens (tertiary/aromatic N) is 1. The Hall–Kier alpha value is -1.87. The highest BCUT2D eigenvalue weighted by Gasteiger charge is 2.09. The number of rotatable bonds is 6. The minimum absolute atomic E-state index is 0.139. The average molecular weight is 286 g/mol. The van der Waals surface area contributed by atoms with Crippen LogP contribution in [0.25, 0.3) is 0 Å². The molecule has 3 heteroatoms. The lowest BCUT2D eigenvalue weighted by molar-refractivity contribution is 0.603. The maximum Gasteiger partial charge on any atom is 0.128 e. The van der Waals surface area contributed by atoms with Crippen LogP contribution < -0.4 is 10.2 Å². The molecule has 0 fully saturated rings. The summed E-state index contributed by atoms with van der Waals surface area (Å²) in [6, 6.07) is 13.7. The van der Waals surface area contributed by atoms with Crippen molar-refractivity contribution >= 4 is 5.69 Å². The molecule has 2 aromatic carbocycles. The molecule has 0 aliphatic rings. The van der Waals surface area contributed by atoms with Gasteiger partial charge in [-0.2, -0.15) is 0 Å². The van der Waals surface area contributed by atoms with E-state index in [9.17, 15) is 4.39 Å². The normalized spacial score (nSPS) is 10.7. The molecule has 0 saturated carbocycles. The van der Waals surface area contributed by atoms with Gasteiger partial charge in [-0.1, -0.05) is 23.8 Å². The molecule has 2 rings (SSSR count). The molecule has 0 aliphatic heterocycles. The summed E-state index contributed by atoms with van der Waals surface area (Å²) in [6.45, 7) is 6.35. The van der Waals surface area contributed by atoms with E-state index >= 15 is 0 Å². The smallest absolute Gasteiger partial charge is 0.128 e. The molecule has 0 amide bonds. The number of hydrogen-bond acceptors (Lipinski definition) is 2. The summed E-state index contributed by atoms with van der Waals surface area (Å²) < 4.78 is 14.0. The third-order valence-corrected chi connectivity index (χ3v) is 3.63. The first-order chi connectivity index (χ1) is 10.1. The highest BCUT2D eigenvalue weighted by molar-refractivity contribution is 5.48. The third-order valence-electron chi connectivity index (χ3n) is 3.63. The van der Waals surface area contributed by atoms with E-state index in [-0.39, 0.29) is 5.82 Å². The monoisotopic (exact) mass is 286 g/mol. The molecule has 0 unspecified atom stereocenters. The summed E-state index contributed by atoms with van der Waals surface area (Å²) in [4.78, 5) is 2.18. The molecule has 1 N–H and O–H groups in total. The topological polar surface area (TPSA) is 15.3 Å². The van der Waals surface area contributed by atoms with Gasteiger partial charge in [0.15, 0.2) is 0 Å². The molecule has 0 aliphatic carbocycles. The van der Waals surface area contributed by atoms with Crippen molar-refractivity contribution in [3.8, 4) is 0 Å². The fourth-order valence-corrected chi connectivity index (χ4v) is 2.41. The first kappa shape index (κ1) is 15.5. The molecule has 2 aromatic rings. The predicted octanol–water partition coefficient (Wildman–Crippen LogP) is 3.88. The molecular weight excluding hydrogens is 263 g/mol. The van der Waals surface area contributed by atoms with E-state index in [1.165, 1.54) is 5.56 Å². The summed E-state index contributed by atoms with van der Waals surface area (Å²) in [5, 5.41) is 3.10. The van der Waals surface area contributed by atoms with Crippen molar-refractivity contribution < 1.29 is 4.39 Å². The zero-order valence-electron chi connectivity index (χ0n) is 13.0. The predicted molar refractivity (Wildman–Crippen MR) is 87.1 cm³/mol. The van der Waals surface area contributed by atoms with E-state index in [0.717, 1.165) is 29.9 Å². The van der Waals surface area contributed by atoms with Crippen molar-refractivity contribution in [3.63, 3.8) is 0 Å². The summed E-state index contributed by atoms with van der Waals surface area (Å²) in [5.41, 5.74) is 4.21. The number of hydrogen-bond donors (Lipinski definition) is 1. The molecule has 0 saturated heterocycles. The Labute approximate surface area is 126 Å². The third kappa shape index (κ3) is 4.05. The van der Waals surface area contributed by atoms with E-state index in [1.807, 2.05) is 19.2 Å². The van der Waals surface area contributed by atoms with Crippen molar-refractivity contribution in [3.05, 3.63) is 65.0 Å². The number of halogens is 1. The second-order valence-corrected chi connectivity index (χ2v) is 5.31. The molecule has 0 atom stereocenters. The van der Waals surface area contributed by atoms with Crippen LogP contribution in [0.5, 0.6) is 0 Å². The summed E-state index contributed by atoms with van der Waals surface area (Å²) in [6.07, 6.45) is 0. The van der Waals surface area contributed by atoms with Crippen molar-refractivity contribution in [1.29, 1.82) is 0 Å². The highest BCUT2D eigenvalue weighted by atomic mass is 19.1. The summed E-state index contributed by atoms with van der Waals surface area (Å²) in [7, 11) is 1.90. The van der Waals surface area contributed by atoms with Crippen molar-refractivity contribution in [2.75, 3.05) is 18.5 Å². The van der Waals surface area contributed by atoms with Gasteiger partial charge in [-0.05, 0) is 50.7 Å². The largest absolute Gasteiger partial charge is 0.367 e. The second-order valence-electron chi connectivity index (χ2n) is 5.31. The minimum Gasteiger partial charge on any atom is -0.367 e. The molecular formula is C18H23FN2. The Morgan fingerprint density at radius 3 is 2.43 bits per heavy atom. The lowest BCUT2D eigenvalue weighted by Gasteiger charge is -2.24. The van der Waals surface area contributed by atoms with Gasteiger partial charge in [-0.15, -0.1) is 0 Å². The van der Waals surface area contributed by atoms with E-state index in [4.69, 9.17) is 0 Å². The fourth-order valence-electron chi connectivity index (χ4n) is 2.41. The maximum absolute atomic E-state index is 14.0.